The van der Waals surface area contributed by atoms with Crippen LogP contribution in [0, 0.1) is 5.92 Å². The number of nitrogens with zero attached hydrogens (tertiary/aromatic N) is 1. The number of hydrogen-bond acceptors (Lipinski definition) is 3. The van der Waals surface area contributed by atoms with E-state index < -0.39 is 0 Å². The highest BCUT2D eigenvalue weighted by atomic mass is 35.5. The van der Waals surface area contributed by atoms with Gasteiger partial charge in [0.2, 0.25) is 5.91 Å². The van der Waals surface area contributed by atoms with Crippen LogP contribution in [0.15, 0.2) is 30.3 Å². The summed E-state index contributed by atoms with van der Waals surface area (Å²) < 4.78 is 4.73. The van der Waals surface area contributed by atoms with Gasteiger partial charge in [-0.3, -0.25) is 9.59 Å². The predicted molar refractivity (Wildman–Crippen MR) is 100 cm³/mol. The van der Waals surface area contributed by atoms with Crippen LogP contribution in [0.25, 0.3) is 6.08 Å². The third-order valence-electron chi connectivity index (χ3n) is 4.82. The summed E-state index contributed by atoms with van der Waals surface area (Å²) >= 11 is 5.88. The minimum Gasteiger partial charge on any atom is -0.469 e. The highest BCUT2D eigenvalue weighted by Crippen LogP contribution is 2.28. The van der Waals surface area contributed by atoms with Crippen LogP contribution in [-0.2, 0) is 14.3 Å². The largest absolute Gasteiger partial charge is 0.469 e. The van der Waals surface area contributed by atoms with E-state index in [1.54, 1.807) is 24.3 Å². The van der Waals surface area contributed by atoms with Crippen molar-refractivity contribution >= 4 is 29.6 Å². The molecule has 136 valence electrons. The summed E-state index contributed by atoms with van der Waals surface area (Å²) in [5.74, 6) is 0.0971. The van der Waals surface area contributed by atoms with Crippen molar-refractivity contribution in [1.82, 2.24) is 4.90 Å². The van der Waals surface area contributed by atoms with E-state index >= 15 is 0 Å². The lowest BCUT2D eigenvalue weighted by atomic mass is 9.84. The quantitative estimate of drug-likeness (QED) is 0.558. The molecule has 0 saturated heterocycles. The third-order valence-corrected chi connectivity index (χ3v) is 5.07. The van der Waals surface area contributed by atoms with Gasteiger partial charge in [0.1, 0.15) is 0 Å². The van der Waals surface area contributed by atoms with E-state index in [4.69, 9.17) is 16.3 Å². The number of carbonyl (C=O) groups is 2. The summed E-state index contributed by atoms with van der Waals surface area (Å²) in [6, 6.07) is 7.51. The molecule has 2 atom stereocenters. The van der Waals surface area contributed by atoms with Crippen LogP contribution in [0.5, 0.6) is 0 Å². The van der Waals surface area contributed by atoms with Crippen molar-refractivity contribution in [3.8, 4) is 0 Å². The number of amides is 1. The third kappa shape index (κ3) is 5.89. The van der Waals surface area contributed by atoms with E-state index in [0.29, 0.717) is 17.5 Å². The first-order valence-electron chi connectivity index (χ1n) is 8.82. The molecule has 1 aromatic rings. The summed E-state index contributed by atoms with van der Waals surface area (Å²) in [5.41, 5.74) is 0.919. The summed E-state index contributed by atoms with van der Waals surface area (Å²) in [7, 11) is 1.37. The lowest BCUT2D eigenvalue weighted by molar-refractivity contribution is -0.142. The van der Waals surface area contributed by atoms with Crippen LogP contribution in [0.3, 0.4) is 0 Å². The van der Waals surface area contributed by atoms with Gasteiger partial charge < -0.3 is 9.64 Å². The summed E-state index contributed by atoms with van der Waals surface area (Å²) in [5, 5.41) is 0.666. The summed E-state index contributed by atoms with van der Waals surface area (Å²) in [4.78, 5) is 26.2. The molecule has 1 fully saturated rings. The molecule has 1 aliphatic carbocycles. The molecule has 1 aromatic carbocycles. The Hall–Kier alpha value is -1.81. The number of hydrogen-bond donors (Lipinski definition) is 0. The molecule has 2 rings (SSSR count). The molecule has 1 amide bonds. The minimum absolute atomic E-state index is 0.0578. The molecule has 5 heteroatoms. The Kier molecular flexibility index (Phi) is 7.51. The Labute approximate surface area is 154 Å². The molecule has 0 bridgehead atoms. The number of carbonyl (C=O) groups excluding carboxylic acids is 2. The van der Waals surface area contributed by atoms with Gasteiger partial charge in [-0.05, 0) is 42.5 Å². The van der Waals surface area contributed by atoms with Crippen LogP contribution in [0.1, 0.15) is 44.6 Å². The van der Waals surface area contributed by atoms with Crippen LogP contribution < -0.4 is 0 Å². The minimum atomic E-state index is -0.289. The lowest BCUT2D eigenvalue weighted by Crippen LogP contribution is -2.45. The van der Waals surface area contributed by atoms with E-state index in [0.717, 1.165) is 24.8 Å². The zero-order valence-corrected chi connectivity index (χ0v) is 15.7. The normalized spacial score (nSPS) is 20.4. The molecule has 0 radical (unpaired) electrons. The number of halogens is 1. The average molecular weight is 364 g/mol. The van der Waals surface area contributed by atoms with E-state index in [9.17, 15) is 9.59 Å². The van der Waals surface area contributed by atoms with E-state index in [1.807, 2.05) is 17.0 Å². The van der Waals surface area contributed by atoms with Gasteiger partial charge in [0.15, 0.2) is 0 Å². The van der Waals surface area contributed by atoms with Gasteiger partial charge in [0, 0.05) is 23.7 Å². The summed E-state index contributed by atoms with van der Waals surface area (Å²) in [6.07, 6.45) is 8.03. The van der Waals surface area contributed by atoms with Crippen molar-refractivity contribution in [3.63, 3.8) is 0 Å². The number of benzene rings is 1. The van der Waals surface area contributed by atoms with Crippen molar-refractivity contribution in [3.05, 3.63) is 40.9 Å². The van der Waals surface area contributed by atoms with Crippen LogP contribution in [0.2, 0.25) is 5.02 Å². The van der Waals surface area contributed by atoms with Crippen molar-refractivity contribution in [2.75, 3.05) is 13.7 Å². The molecule has 0 aliphatic heterocycles. The number of esters is 1. The van der Waals surface area contributed by atoms with Crippen molar-refractivity contribution < 1.29 is 14.3 Å². The number of ether oxygens (including phenoxy) is 1. The summed E-state index contributed by atoms with van der Waals surface area (Å²) in [6.45, 7) is 2.58. The molecule has 0 heterocycles. The first-order valence-corrected chi connectivity index (χ1v) is 9.20. The highest BCUT2D eigenvalue weighted by molar-refractivity contribution is 6.30. The van der Waals surface area contributed by atoms with E-state index in [2.05, 4.69) is 6.92 Å². The van der Waals surface area contributed by atoms with Gasteiger partial charge >= 0.3 is 5.97 Å². The molecule has 1 aliphatic rings. The standard InChI is InChI=1S/C20H26ClNO3/c1-15-5-3-4-6-18(15)22(14-13-20(24)25-2)19(23)12-9-16-7-10-17(21)11-8-16/h7-12,15,18H,3-6,13-14H2,1-2H3/b12-9+. The molecule has 0 aromatic heterocycles. The first-order chi connectivity index (χ1) is 12.0. The average Bonchev–Trinajstić information content (AvgIpc) is 2.62. The van der Waals surface area contributed by atoms with Gasteiger partial charge in [-0.2, -0.15) is 0 Å². The number of rotatable bonds is 6. The Morgan fingerprint density at radius 1 is 1.24 bits per heavy atom. The zero-order chi connectivity index (χ0) is 18.2. The lowest BCUT2D eigenvalue weighted by Gasteiger charge is -2.38. The fourth-order valence-electron chi connectivity index (χ4n) is 3.35. The van der Waals surface area contributed by atoms with Crippen molar-refractivity contribution in [2.24, 2.45) is 5.92 Å². The highest BCUT2D eigenvalue weighted by Gasteiger charge is 2.29. The van der Waals surface area contributed by atoms with Crippen molar-refractivity contribution in [1.29, 1.82) is 0 Å². The molecule has 0 N–H and O–H groups in total. The molecule has 0 spiro atoms. The Bertz CT molecular complexity index is 612. The van der Waals surface area contributed by atoms with Crippen LogP contribution in [0.4, 0.5) is 0 Å². The maximum Gasteiger partial charge on any atom is 0.307 e. The van der Waals surface area contributed by atoms with Gasteiger partial charge in [-0.1, -0.05) is 43.5 Å². The Morgan fingerprint density at radius 2 is 1.92 bits per heavy atom. The smallest absolute Gasteiger partial charge is 0.307 e. The zero-order valence-electron chi connectivity index (χ0n) is 14.9. The van der Waals surface area contributed by atoms with Crippen molar-refractivity contribution in [2.45, 2.75) is 45.1 Å². The molecular formula is C20H26ClNO3. The van der Waals surface area contributed by atoms with Crippen LogP contribution in [-0.4, -0.2) is 36.5 Å². The van der Waals surface area contributed by atoms with E-state index in [1.165, 1.54) is 13.5 Å². The molecule has 25 heavy (non-hydrogen) atoms. The predicted octanol–water partition coefficient (Wildman–Crippen LogP) is 4.32. The molecular weight excluding hydrogens is 338 g/mol. The molecule has 4 nitrogen and oxygen atoms in total. The van der Waals surface area contributed by atoms with E-state index in [-0.39, 0.29) is 24.3 Å². The number of methoxy groups -OCH3 is 1. The fraction of sp³-hybridized carbons (Fsp3) is 0.500. The first kappa shape index (κ1) is 19.5. The maximum atomic E-state index is 12.8. The Balaban J connectivity index is 2.10. The second-order valence-corrected chi connectivity index (χ2v) is 7.01. The second-order valence-electron chi connectivity index (χ2n) is 6.57. The van der Waals surface area contributed by atoms with Gasteiger partial charge in [-0.15, -0.1) is 0 Å². The molecule has 1 saturated carbocycles. The van der Waals surface area contributed by atoms with Crippen LogP contribution >= 0.6 is 11.6 Å². The van der Waals surface area contributed by atoms with Gasteiger partial charge in [0.05, 0.1) is 13.5 Å². The Morgan fingerprint density at radius 3 is 2.56 bits per heavy atom. The SMILES string of the molecule is COC(=O)CCN(C(=O)/C=C/c1ccc(Cl)cc1)C1CCCCC1C. The second kappa shape index (κ2) is 9.62. The monoisotopic (exact) mass is 363 g/mol. The molecule has 2 unspecified atom stereocenters. The van der Waals surface area contributed by atoms with Gasteiger partial charge in [0.25, 0.3) is 0 Å². The van der Waals surface area contributed by atoms with Gasteiger partial charge in [-0.25, -0.2) is 0 Å². The maximum absolute atomic E-state index is 12.8. The topological polar surface area (TPSA) is 46.6 Å². The fourth-order valence-corrected chi connectivity index (χ4v) is 3.48.